The summed E-state index contributed by atoms with van der Waals surface area (Å²) in [4.78, 5) is 3.92. The predicted molar refractivity (Wildman–Crippen MR) is 69.4 cm³/mol. The SMILES string of the molecule is N[C@@H](c1ccc(C(F)(F)F)cc1)c1ccncc1Br. The third kappa shape index (κ3) is 3.13. The maximum Gasteiger partial charge on any atom is 0.416 e. The third-order valence-electron chi connectivity index (χ3n) is 2.74. The summed E-state index contributed by atoms with van der Waals surface area (Å²) in [5.74, 6) is 0. The summed E-state index contributed by atoms with van der Waals surface area (Å²) >= 11 is 3.32. The van der Waals surface area contributed by atoms with Gasteiger partial charge in [-0.15, -0.1) is 0 Å². The predicted octanol–water partition coefficient (Wildman–Crippen LogP) is 3.91. The lowest BCUT2D eigenvalue weighted by Gasteiger charge is -2.15. The maximum absolute atomic E-state index is 12.5. The molecular weight excluding hydrogens is 321 g/mol. The lowest BCUT2D eigenvalue weighted by atomic mass is 9.99. The molecule has 19 heavy (non-hydrogen) atoms. The molecule has 2 N–H and O–H groups in total. The Balaban J connectivity index is 2.31. The Morgan fingerprint density at radius 1 is 1.11 bits per heavy atom. The van der Waals surface area contributed by atoms with Gasteiger partial charge in [0.15, 0.2) is 0 Å². The van der Waals surface area contributed by atoms with Crippen LogP contribution in [0, 0.1) is 0 Å². The zero-order chi connectivity index (χ0) is 14.0. The van der Waals surface area contributed by atoms with Crippen LogP contribution in [-0.2, 0) is 6.18 Å². The largest absolute Gasteiger partial charge is 0.416 e. The molecular formula is C13H10BrF3N2. The Morgan fingerprint density at radius 2 is 1.74 bits per heavy atom. The van der Waals surface area contributed by atoms with E-state index < -0.39 is 17.8 Å². The van der Waals surface area contributed by atoms with Crippen molar-refractivity contribution in [3.05, 3.63) is 63.9 Å². The van der Waals surface area contributed by atoms with Crippen LogP contribution in [-0.4, -0.2) is 4.98 Å². The van der Waals surface area contributed by atoms with Crippen LogP contribution < -0.4 is 5.73 Å². The maximum atomic E-state index is 12.5. The van der Waals surface area contributed by atoms with Crippen molar-refractivity contribution in [2.24, 2.45) is 5.73 Å². The van der Waals surface area contributed by atoms with Crippen molar-refractivity contribution < 1.29 is 13.2 Å². The van der Waals surface area contributed by atoms with Crippen molar-refractivity contribution in [1.82, 2.24) is 4.98 Å². The van der Waals surface area contributed by atoms with E-state index in [2.05, 4.69) is 20.9 Å². The number of nitrogens with zero attached hydrogens (tertiary/aromatic N) is 1. The van der Waals surface area contributed by atoms with Gasteiger partial charge in [0.25, 0.3) is 0 Å². The number of nitrogens with two attached hydrogens (primary N) is 1. The molecule has 0 saturated carbocycles. The first-order valence-electron chi connectivity index (χ1n) is 5.42. The lowest BCUT2D eigenvalue weighted by molar-refractivity contribution is -0.137. The van der Waals surface area contributed by atoms with Gasteiger partial charge >= 0.3 is 6.18 Å². The van der Waals surface area contributed by atoms with Crippen LogP contribution >= 0.6 is 15.9 Å². The van der Waals surface area contributed by atoms with Gasteiger partial charge in [-0.3, -0.25) is 4.98 Å². The molecule has 0 amide bonds. The Labute approximate surface area is 116 Å². The summed E-state index contributed by atoms with van der Waals surface area (Å²) in [5, 5.41) is 0. The summed E-state index contributed by atoms with van der Waals surface area (Å²) in [6.07, 6.45) is -1.15. The van der Waals surface area contributed by atoms with Crippen LogP contribution in [0.15, 0.2) is 47.2 Å². The van der Waals surface area contributed by atoms with E-state index in [0.29, 0.717) is 5.56 Å². The van der Waals surface area contributed by atoms with Crippen LogP contribution in [0.4, 0.5) is 13.2 Å². The summed E-state index contributed by atoms with van der Waals surface area (Å²) < 4.78 is 38.1. The summed E-state index contributed by atoms with van der Waals surface area (Å²) in [6.45, 7) is 0. The fourth-order valence-electron chi connectivity index (χ4n) is 1.70. The first-order valence-corrected chi connectivity index (χ1v) is 6.21. The molecule has 0 spiro atoms. The minimum atomic E-state index is -4.33. The lowest BCUT2D eigenvalue weighted by Crippen LogP contribution is -2.13. The number of aromatic nitrogens is 1. The highest BCUT2D eigenvalue weighted by Crippen LogP contribution is 2.31. The number of halogens is 4. The minimum Gasteiger partial charge on any atom is -0.320 e. The highest BCUT2D eigenvalue weighted by atomic mass is 79.9. The van der Waals surface area contributed by atoms with Crippen molar-refractivity contribution in [1.29, 1.82) is 0 Å². The van der Waals surface area contributed by atoms with Gasteiger partial charge in [-0.1, -0.05) is 12.1 Å². The number of alkyl halides is 3. The van der Waals surface area contributed by atoms with Crippen molar-refractivity contribution in [3.8, 4) is 0 Å². The molecule has 0 radical (unpaired) electrons. The molecule has 100 valence electrons. The topological polar surface area (TPSA) is 38.9 Å². The zero-order valence-corrected chi connectivity index (χ0v) is 11.2. The molecule has 1 atom stereocenters. The van der Waals surface area contributed by atoms with Crippen LogP contribution in [0.5, 0.6) is 0 Å². The highest BCUT2D eigenvalue weighted by molar-refractivity contribution is 9.10. The number of pyridine rings is 1. The van der Waals surface area contributed by atoms with E-state index in [9.17, 15) is 13.2 Å². The van der Waals surface area contributed by atoms with Crippen LogP contribution in [0.25, 0.3) is 0 Å². The standard InChI is InChI=1S/C13H10BrF3N2/c14-11-7-19-6-5-10(11)12(18)8-1-3-9(4-2-8)13(15,16)17/h1-7,12H,18H2/t12-/m0/s1. The van der Waals surface area contributed by atoms with E-state index in [1.807, 2.05) is 0 Å². The Kier molecular flexibility index (Phi) is 3.91. The van der Waals surface area contributed by atoms with Crippen LogP contribution in [0.3, 0.4) is 0 Å². The highest BCUT2D eigenvalue weighted by Gasteiger charge is 2.30. The molecule has 0 unspecified atom stereocenters. The van der Waals surface area contributed by atoms with Crippen LogP contribution in [0.2, 0.25) is 0 Å². The first kappa shape index (κ1) is 14.0. The average Bonchev–Trinajstić information content (AvgIpc) is 2.38. The normalized spacial score (nSPS) is 13.3. The van der Waals surface area contributed by atoms with Gasteiger partial charge in [-0.05, 0) is 45.3 Å². The van der Waals surface area contributed by atoms with Gasteiger partial charge < -0.3 is 5.73 Å². The monoisotopic (exact) mass is 330 g/mol. The molecule has 0 aliphatic heterocycles. The average molecular weight is 331 g/mol. The van der Waals surface area contributed by atoms with Crippen molar-refractivity contribution in [3.63, 3.8) is 0 Å². The molecule has 1 aromatic heterocycles. The van der Waals surface area contributed by atoms with Crippen molar-refractivity contribution >= 4 is 15.9 Å². The summed E-state index contributed by atoms with van der Waals surface area (Å²) in [7, 11) is 0. The van der Waals surface area contributed by atoms with E-state index in [-0.39, 0.29) is 0 Å². The molecule has 0 bridgehead atoms. The Hall–Kier alpha value is -1.40. The molecule has 1 aromatic carbocycles. The van der Waals surface area contributed by atoms with Gasteiger partial charge in [0.1, 0.15) is 0 Å². The fraction of sp³-hybridized carbons (Fsp3) is 0.154. The molecule has 0 aliphatic rings. The first-order chi connectivity index (χ1) is 8.89. The van der Waals surface area contributed by atoms with E-state index in [1.54, 1.807) is 18.5 Å². The van der Waals surface area contributed by atoms with Gasteiger partial charge in [0.2, 0.25) is 0 Å². The van der Waals surface area contributed by atoms with E-state index in [4.69, 9.17) is 5.73 Å². The van der Waals surface area contributed by atoms with E-state index in [1.165, 1.54) is 12.1 Å². The molecule has 2 nitrogen and oxygen atoms in total. The van der Waals surface area contributed by atoms with E-state index in [0.717, 1.165) is 22.2 Å². The van der Waals surface area contributed by atoms with Crippen molar-refractivity contribution in [2.45, 2.75) is 12.2 Å². The summed E-state index contributed by atoms with van der Waals surface area (Å²) in [5.41, 5.74) is 6.74. The minimum absolute atomic E-state index is 0.500. The molecule has 6 heteroatoms. The summed E-state index contributed by atoms with van der Waals surface area (Å²) in [6, 6.07) is 6.07. The van der Waals surface area contributed by atoms with Gasteiger partial charge in [0.05, 0.1) is 11.6 Å². The van der Waals surface area contributed by atoms with Gasteiger partial charge in [0, 0.05) is 16.9 Å². The molecule has 2 aromatic rings. The second-order valence-electron chi connectivity index (χ2n) is 3.99. The molecule has 0 saturated heterocycles. The fourth-order valence-corrected chi connectivity index (χ4v) is 2.19. The zero-order valence-electron chi connectivity index (χ0n) is 9.66. The van der Waals surface area contributed by atoms with Crippen molar-refractivity contribution in [2.75, 3.05) is 0 Å². The molecule has 1 heterocycles. The number of rotatable bonds is 2. The van der Waals surface area contributed by atoms with Gasteiger partial charge in [-0.25, -0.2) is 0 Å². The quantitative estimate of drug-likeness (QED) is 0.906. The third-order valence-corrected chi connectivity index (χ3v) is 3.40. The number of benzene rings is 1. The number of hydrogen-bond donors (Lipinski definition) is 1. The van der Waals surface area contributed by atoms with Gasteiger partial charge in [-0.2, -0.15) is 13.2 Å². The second kappa shape index (κ2) is 5.30. The molecule has 0 aliphatic carbocycles. The smallest absolute Gasteiger partial charge is 0.320 e. The Morgan fingerprint density at radius 3 is 2.26 bits per heavy atom. The second-order valence-corrected chi connectivity index (χ2v) is 4.85. The van der Waals surface area contributed by atoms with Crippen LogP contribution in [0.1, 0.15) is 22.7 Å². The Bertz CT molecular complexity index is 567. The molecule has 2 rings (SSSR count). The number of hydrogen-bond acceptors (Lipinski definition) is 2. The molecule has 0 fully saturated rings. The van der Waals surface area contributed by atoms with E-state index >= 15 is 0 Å².